The molecule has 0 spiro atoms. The highest BCUT2D eigenvalue weighted by atomic mass is 19.1. The van der Waals surface area contributed by atoms with Crippen LogP contribution in [0.4, 0.5) is 31.0 Å². The van der Waals surface area contributed by atoms with Crippen LogP contribution in [0.1, 0.15) is 24.2 Å². The molecule has 3 aromatic carbocycles. The summed E-state index contributed by atoms with van der Waals surface area (Å²) in [7, 11) is 1.59. The highest BCUT2D eigenvalue weighted by Gasteiger charge is 2.35. The molecule has 0 unspecified atom stereocenters. The fraction of sp³-hybridized carbons (Fsp3) is 0.323. The Morgan fingerprint density at radius 1 is 1.05 bits per heavy atom. The molecule has 12 nitrogen and oxygen atoms in total. The first-order chi connectivity index (χ1) is 21.1. The number of amides is 5. The van der Waals surface area contributed by atoms with Crippen molar-refractivity contribution in [3.8, 4) is 17.2 Å². The van der Waals surface area contributed by atoms with Crippen molar-refractivity contribution >= 4 is 35.0 Å². The highest BCUT2D eigenvalue weighted by molar-refractivity contribution is 6.04. The smallest absolute Gasteiger partial charge is 0.323 e. The summed E-state index contributed by atoms with van der Waals surface area (Å²) in [4.78, 5) is 42.8. The second-order valence-electron chi connectivity index (χ2n) is 10.8. The molecule has 0 saturated carbocycles. The van der Waals surface area contributed by atoms with Crippen molar-refractivity contribution in [2.75, 3.05) is 49.5 Å². The van der Waals surface area contributed by atoms with E-state index >= 15 is 0 Å². The molecule has 0 saturated heterocycles. The van der Waals surface area contributed by atoms with Crippen molar-refractivity contribution in [2.45, 2.75) is 26.0 Å². The number of ether oxygens (including phenoxy) is 3. The van der Waals surface area contributed by atoms with Crippen molar-refractivity contribution in [2.24, 2.45) is 5.92 Å². The predicted octanol–water partition coefficient (Wildman–Crippen LogP) is 4.58. The largest absolute Gasteiger partial charge is 0.485 e. The molecule has 3 aromatic rings. The predicted molar refractivity (Wildman–Crippen MR) is 161 cm³/mol. The fourth-order valence-corrected chi connectivity index (χ4v) is 4.92. The number of carbonyl (C=O) groups excluding carboxylic acids is 3. The zero-order valence-electron chi connectivity index (χ0n) is 24.5. The second kappa shape index (κ2) is 13.1. The van der Waals surface area contributed by atoms with Crippen LogP contribution in [0.2, 0.25) is 0 Å². The maximum atomic E-state index is 13.7. The monoisotopic (exact) mass is 607 g/mol. The molecular weight excluding hydrogens is 573 g/mol. The van der Waals surface area contributed by atoms with Gasteiger partial charge in [0.1, 0.15) is 11.9 Å². The number of anilines is 3. The Balaban J connectivity index is 1.39. The molecule has 44 heavy (non-hydrogen) atoms. The van der Waals surface area contributed by atoms with E-state index in [1.807, 2.05) is 6.92 Å². The molecule has 0 radical (unpaired) electrons. The van der Waals surface area contributed by atoms with Gasteiger partial charge in [-0.15, -0.1) is 0 Å². The Hall–Kier alpha value is -5.04. The van der Waals surface area contributed by atoms with Crippen molar-refractivity contribution in [1.82, 2.24) is 9.80 Å². The average molecular weight is 608 g/mol. The number of aliphatic hydroxyl groups is 1. The maximum absolute atomic E-state index is 13.7. The van der Waals surface area contributed by atoms with E-state index in [-0.39, 0.29) is 55.3 Å². The van der Waals surface area contributed by atoms with E-state index in [9.17, 15) is 23.9 Å². The topological polar surface area (TPSA) is 142 Å². The standard InChI is InChI=1S/C31H34FN5O7/c1-18-14-37(19(2)16-38)29(39)23-5-4-6-24(35-30(40)33-22-11-12-25-26(13-22)43-17-42-25)28(23)44-27(18)15-36(3)31(41)34-21-9-7-20(32)8-10-21/h4-13,18-19,27,38H,14-17H2,1-3H3,(H,34,41)(H2,33,35,40)/t18-,19+,27+/m0/s1. The lowest BCUT2D eigenvalue weighted by Crippen LogP contribution is -2.50. The number of hydrogen-bond acceptors (Lipinski definition) is 7. The highest BCUT2D eigenvalue weighted by Crippen LogP contribution is 2.36. The van der Waals surface area contributed by atoms with E-state index in [0.717, 1.165) is 0 Å². The molecule has 13 heteroatoms. The quantitative estimate of drug-likeness (QED) is 0.308. The van der Waals surface area contributed by atoms with Crippen LogP contribution in [0, 0.1) is 11.7 Å². The minimum Gasteiger partial charge on any atom is -0.485 e. The summed E-state index contributed by atoms with van der Waals surface area (Å²) in [5.41, 5.74) is 1.32. The Morgan fingerprint density at radius 2 is 1.77 bits per heavy atom. The molecule has 5 amide bonds. The number of halogens is 1. The van der Waals surface area contributed by atoms with Gasteiger partial charge >= 0.3 is 12.1 Å². The SMILES string of the molecule is C[C@H](CO)N1C[C@H](C)[C@@H](CN(C)C(=O)Nc2ccc(F)cc2)Oc2c(NC(=O)Nc3ccc4c(c3)OCO4)cccc2C1=O. The summed E-state index contributed by atoms with van der Waals surface area (Å²) >= 11 is 0. The van der Waals surface area contributed by atoms with E-state index in [4.69, 9.17) is 14.2 Å². The first-order valence-electron chi connectivity index (χ1n) is 14.1. The summed E-state index contributed by atoms with van der Waals surface area (Å²) in [6.45, 7) is 3.83. The van der Waals surface area contributed by atoms with Gasteiger partial charge in [0.2, 0.25) is 6.79 Å². The van der Waals surface area contributed by atoms with Crippen LogP contribution < -0.4 is 30.2 Å². The van der Waals surface area contributed by atoms with Crippen molar-refractivity contribution < 1.29 is 38.1 Å². The van der Waals surface area contributed by atoms with Crippen LogP contribution in [0.5, 0.6) is 17.2 Å². The van der Waals surface area contributed by atoms with Crippen LogP contribution in [0.3, 0.4) is 0 Å². The van der Waals surface area contributed by atoms with Crippen LogP contribution in [0.15, 0.2) is 60.7 Å². The Bertz CT molecular complexity index is 1540. The summed E-state index contributed by atoms with van der Waals surface area (Å²) < 4.78 is 30.5. The number of likely N-dealkylation sites (N-methyl/N-ethyl adjacent to an activating group) is 1. The van der Waals surface area contributed by atoms with Gasteiger partial charge < -0.3 is 45.1 Å². The summed E-state index contributed by atoms with van der Waals surface area (Å²) in [6, 6.07) is 13.7. The van der Waals surface area contributed by atoms with E-state index in [1.54, 1.807) is 55.3 Å². The number of hydrogen-bond donors (Lipinski definition) is 4. The van der Waals surface area contributed by atoms with Gasteiger partial charge in [-0.3, -0.25) is 4.79 Å². The summed E-state index contributed by atoms with van der Waals surface area (Å²) in [5.74, 6) is 0.135. The molecular formula is C31H34FN5O7. The average Bonchev–Trinajstić information content (AvgIpc) is 3.48. The van der Waals surface area contributed by atoms with Gasteiger partial charge in [0.05, 0.1) is 30.4 Å². The summed E-state index contributed by atoms with van der Waals surface area (Å²) in [5, 5.41) is 18.2. The normalized spacial score (nSPS) is 17.8. The third kappa shape index (κ3) is 6.78. The van der Waals surface area contributed by atoms with E-state index in [2.05, 4.69) is 16.0 Å². The second-order valence-corrected chi connectivity index (χ2v) is 10.8. The molecule has 5 rings (SSSR count). The molecule has 2 aliphatic heterocycles. The van der Waals surface area contributed by atoms with Gasteiger partial charge in [-0.2, -0.15) is 0 Å². The van der Waals surface area contributed by atoms with Crippen LogP contribution in [-0.4, -0.2) is 78.6 Å². The molecule has 2 heterocycles. The minimum atomic E-state index is -0.626. The Morgan fingerprint density at radius 3 is 2.52 bits per heavy atom. The van der Waals surface area contributed by atoms with E-state index < -0.39 is 30.0 Å². The maximum Gasteiger partial charge on any atom is 0.323 e. The summed E-state index contributed by atoms with van der Waals surface area (Å²) in [6.07, 6.45) is -0.626. The third-order valence-corrected chi connectivity index (χ3v) is 7.47. The molecule has 2 aliphatic rings. The third-order valence-electron chi connectivity index (χ3n) is 7.47. The van der Waals surface area contributed by atoms with Crippen LogP contribution in [-0.2, 0) is 0 Å². The van der Waals surface area contributed by atoms with Crippen LogP contribution >= 0.6 is 0 Å². The van der Waals surface area contributed by atoms with Gasteiger partial charge in [-0.1, -0.05) is 13.0 Å². The number of urea groups is 2. The lowest BCUT2D eigenvalue weighted by atomic mass is 9.99. The molecule has 0 bridgehead atoms. The first-order valence-corrected chi connectivity index (χ1v) is 14.1. The number of para-hydroxylation sites is 1. The minimum absolute atomic E-state index is 0.0983. The molecule has 0 fully saturated rings. The number of fused-ring (bicyclic) bond motifs is 2. The zero-order chi connectivity index (χ0) is 31.4. The number of nitrogens with zero attached hydrogens (tertiary/aromatic N) is 2. The number of benzene rings is 3. The van der Waals surface area contributed by atoms with Gasteiger partial charge in [0.25, 0.3) is 5.91 Å². The van der Waals surface area contributed by atoms with Crippen molar-refractivity contribution in [1.29, 1.82) is 0 Å². The van der Waals surface area contributed by atoms with Gasteiger partial charge in [-0.25, -0.2) is 14.0 Å². The molecule has 0 aliphatic carbocycles. The lowest BCUT2D eigenvalue weighted by molar-refractivity contribution is 0.0373. The van der Waals surface area contributed by atoms with Crippen LogP contribution in [0.25, 0.3) is 0 Å². The number of nitrogens with one attached hydrogen (secondary N) is 3. The van der Waals surface area contributed by atoms with Crippen molar-refractivity contribution in [3.05, 3.63) is 72.0 Å². The lowest BCUT2D eigenvalue weighted by Gasteiger charge is -2.38. The van der Waals surface area contributed by atoms with Gasteiger partial charge in [-0.05, 0) is 55.5 Å². The number of aliphatic hydroxyl groups excluding tert-OH is 1. The molecule has 232 valence electrons. The Kier molecular flexibility index (Phi) is 9.04. The van der Waals surface area contributed by atoms with E-state index in [0.29, 0.717) is 22.9 Å². The van der Waals surface area contributed by atoms with Gasteiger partial charge in [0, 0.05) is 37.0 Å². The van der Waals surface area contributed by atoms with E-state index in [1.165, 1.54) is 29.2 Å². The number of rotatable bonds is 7. The number of carbonyl (C=O) groups is 3. The molecule has 4 N–H and O–H groups in total. The fourth-order valence-electron chi connectivity index (χ4n) is 4.92. The van der Waals surface area contributed by atoms with Gasteiger partial charge in [0.15, 0.2) is 17.2 Å². The molecule has 0 aromatic heterocycles. The first kappa shape index (κ1) is 30.4. The molecule has 3 atom stereocenters. The zero-order valence-corrected chi connectivity index (χ0v) is 24.5. The Labute approximate surface area is 253 Å². The van der Waals surface area contributed by atoms with Crippen molar-refractivity contribution in [3.63, 3.8) is 0 Å².